The Morgan fingerprint density at radius 2 is 1.58 bits per heavy atom. The largest absolute Gasteiger partial charge is 0.496 e. The zero-order valence-corrected chi connectivity index (χ0v) is 22.7. The molecule has 0 aromatic heterocycles. The van der Waals surface area contributed by atoms with Crippen molar-refractivity contribution in [1.82, 2.24) is 4.90 Å². The van der Waals surface area contributed by atoms with E-state index in [9.17, 15) is 9.18 Å². The Labute approximate surface area is 229 Å². The van der Waals surface area contributed by atoms with Crippen molar-refractivity contribution in [2.75, 3.05) is 27.3 Å². The number of benzene rings is 3. The lowest BCUT2D eigenvalue weighted by molar-refractivity contribution is 0.218. The SMILES string of the molecule is COc1cc(OC)c2c(c1)OC1CCCC21.Clc1ccccc1.Fc1ccccc1.NC(=O)N1CCCC1. The first-order valence-corrected chi connectivity index (χ1v) is 13.2. The minimum atomic E-state index is -0.275. The van der Waals surface area contributed by atoms with Gasteiger partial charge in [-0.2, -0.15) is 0 Å². The second-order valence-electron chi connectivity index (χ2n) is 9.06. The van der Waals surface area contributed by atoms with Crippen LogP contribution in [0.1, 0.15) is 43.6 Å². The molecular weight excluding hydrogens is 507 g/mol. The normalized spacial score (nSPS) is 18.2. The molecule has 0 radical (unpaired) electrons. The molecule has 2 unspecified atom stereocenters. The molecule has 6 rings (SSSR count). The Balaban J connectivity index is 0.000000154. The van der Waals surface area contributed by atoms with Crippen molar-refractivity contribution in [3.63, 3.8) is 0 Å². The molecule has 2 aliphatic heterocycles. The van der Waals surface area contributed by atoms with Gasteiger partial charge in [0.2, 0.25) is 0 Å². The van der Waals surface area contributed by atoms with Crippen molar-refractivity contribution >= 4 is 17.6 Å². The third-order valence-corrected chi connectivity index (χ3v) is 6.77. The number of hydrogen-bond acceptors (Lipinski definition) is 4. The highest BCUT2D eigenvalue weighted by Gasteiger charge is 2.40. The maximum atomic E-state index is 11.9. The van der Waals surface area contributed by atoms with Crippen LogP contribution in [0.2, 0.25) is 5.02 Å². The van der Waals surface area contributed by atoms with Gasteiger partial charge in [0.25, 0.3) is 0 Å². The molecule has 2 heterocycles. The fourth-order valence-electron chi connectivity index (χ4n) is 4.65. The molecule has 1 aliphatic carbocycles. The zero-order valence-electron chi connectivity index (χ0n) is 21.9. The lowest BCUT2D eigenvalue weighted by atomic mass is 9.96. The highest BCUT2D eigenvalue weighted by molar-refractivity contribution is 6.30. The summed E-state index contributed by atoms with van der Waals surface area (Å²) in [5.74, 6) is 3.00. The minimum absolute atomic E-state index is 0.178. The summed E-state index contributed by atoms with van der Waals surface area (Å²) in [6.45, 7) is 1.71. The summed E-state index contributed by atoms with van der Waals surface area (Å²) in [6.07, 6.45) is 6.21. The number of halogens is 2. The maximum Gasteiger partial charge on any atom is 0.314 e. The number of likely N-dealkylation sites (tertiary alicyclic amines) is 1. The van der Waals surface area contributed by atoms with Gasteiger partial charge in [-0.1, -0.05) is 48.0 Å². The van der Waals surface area contributed by atoms with E-state index in [1.807, 2.05) is 42.5 Å². The van der Waals surface area contributed by atoms with Gasteiger partial charge in [0, 0.05) is 41.7 Å². The molecule has 3 aliphatic rings. The third-order valence-electron chi connectivity index (χ3n) is 6.52. The smallest absolute Gasteiger partial charge is 0.314 e. The molecule has 3 aromatic rings. The lowest BCUT2D eigenvalue weighted by Gasteiger charge is -2.11. The van der Waals surface area contributed by atoms with Crippen molar-refractivity contribution < 1.29 is 23.4 Å². The number of nitrogens with zero attached hydrogens (tertiary/aromatic N) is 1. The van der Waals surface area contributed by atoms with E-state index in [1.54, 1.807) is 37.3 Å². The number of rotatable bonds is 2. The molecule has 2 atom stereocenters. The van der Waals surface area contributed by atoms with Gasteiger partial charge in [0.05, 0.1) is 14.2 Å². The van der Waals surface area contributed by atoms with Gasteiger partial charge < -0.3 is 24.8 Å². The number of methoxy groups -OCH3 is 2. The molecule has 0 bridgehead atoms. The summed E-state index contributed by atoms with van der Waals surface area (Å²) >= 11 is 5.54. The first-order chi connectivity index (χ1) is 18.4. The number of carbonyl (C=O) groups excluding carboxylic acids is 1. The molecule has 6 nitrogen and oxygen atoms in total. The van der Waals surface area contributed by atoms with E-state index in [0.717, 1.165) is 54.6 Å². The molecule has 38 heavy (non-hydrogen) atoms. The van der Waals surface area contributed by atoms with Crippen LogP contribution in [0, 0.1) is 5.82 Å². The predicted molar refractivity (Wildman–Crippen MR) is 149 cm³/mol. The van der Waals surface area contributed by atoms with Crippen LogP contribution in [0.15, 0.2) is 72.8 Å². The van der Waals surface area contributed by atoms with Crippen molar-refractivity contribution in [1.29, 1.82) is 0 Å². The monoisotopic (exact) mass is 542 g/mol. The first-order valence-electron chi connectivity index (χ1n) is 12.8. The van der Waals surface area contributed by atoms with Crippen molar-refractivity contribution in [2.24, 2.45) is 5.73 Å². The maximum absolute atomic E-state index is 11.9. The molecule has 2 fully saturated rings. The van der Waals surface area contributed by atoms with E-state index in [2.05, 4.69) is 0 Å². The number of ether oxygens (including phenoxy) is 3. The van der Waals surface area contributed by atoms with Crippen LogP contribution in [-0.4, -0.2) is 44.3 Å². The number of nitrogens with two attached hydrogens (primary N) is 1. The topological polar surface area (TPSA) is 74.0 Å². The van der Waals surface area contributed by atoms with Crippen LogP contribution in [0.4, 0.5) is 9.18 Å². The first kappa shape index (κ1) is 29.1. The standard InChI is InChI=1S/C13H16O3.C6H5Cl.C6H5F.C5H10N2O/c1-14-8-6-11(15-2)13-9-4-3-5-10(9)16-12(13)7-8;2*7-6-4-2-1-3-5-6;6-5(8)7-3-1-2-4-7/h6-7,9-10H,3-5H2,1-2H3;2*1-5H;1-4H2,(H2,6,8). The fourth-order valence-corrected chi connectivity index (χ4v) is 4.80. The number of fused-ring (bicyclic) bond motifs is 3. The van der Waals surface area contributed by atoms with Gasteiger partial charge >= 0.3 is 6.03 Å². The lowest BCUT2D eigenvalue weighted by Crippen LogP contribution is -2.32. The number of carbonyl (C=O) groups is 1. The minimum Gasteiger partial charge on any atom is -0.496 e. The second kappa shape index (κ2) is 15.1. The second-order valence-corrected chi connectivity index (χ2v) is 9.50. The quantitative estimate of drug-likeness (QED) is 0.376. The Morgan fingerprint density at radius 1 is 0.947 bits per heavy atom. The summed E-state index contributed by atoms with van der Waals surface area (Å²) < 4.78 is 28.6. The molecule has 2 N–H and O–H groups in total. The van der Waals surface area contributed by atoms with Gasteiger partial charge in [-0.25, -0.2) is 9.18 Å². The average Bonchev–Trinajstić information content (AvgIpc) is 3.68. The van der Waals surface area contributed by atoms with E-state index in [0.29, 0.717) is 12.0 Å². The van der Waals surface area contributed by atoms with Gasteiger partial charge in [0.1, 0.15) is 29.2 Å². The molecule has 2 amide bonds. The highest BCUT2D eigenvalue weighted by Crippen LogP contribution is 2.52. The Hall–Kier alpha value is -3.45. The summed E-state index contributed by atoms with van der Waals surface area (Å²) in [5.41, 5.74) is 6.23. The van der Waals surface area contributed by atoms with E-state index in [-0.39, 0.29) is 11.8 Å². The van der Waals surface area contributed by atoms with E-state index in [1.165, 1.54) is 30.5 Å². The number of hydrogen-bond donors (Lipinski definition) is 1. The molecule has 1 saturated carbocycles. The molecular formula is C30H36ClFN2O4. The molecule has 8 heteroatoms. The van der Waals surface area contributed by atoms with Gasteiger partial charge in [-0.15, -0.1) is 0 Å². The molecule has 1 saturated heterocycles. The Bertz CT molecular complexity index is 1090. The molecule has 3 aromatic carbocycles. The van der Waals surface area contributed by atoms with Crippen LogP contribution in [0.3, 0.4) is 0 Å². The van der Waals surface area contributed by atoms with E-state index < -0.39 is 0 Å². The van der Waals surface area contributed by atoms with E-state index >= 15 is 0 Å². The highest BCUT2D eigenvalue weighted by atomic mass is 35.5. The van der Waals surface area contributed by atoms with Gasteiger partial charge in [0.15, 0.2) is 0 Å². The number of amides is 2. The summed E-state index contributed by atoms with van der Waals surface area (Å²) in [4.78, 5) is 12.0. The Kier molecular flexibility index (Phi) is 11.6. The zero-order chi connectivity index (χ0) is 27.3. The Morgan fingerprint density at radius 3 is 2.03 bits per heavy atom. The van der Waals surface area contributed by atoms with Crippen molar-refractivity contribution in [3.8, 4) is 17.2 Å². The predicted octanol–water partition coefficient (Wildman–Crippen LogP) is 7.06. The molecule has 204 valence electrons. The molecule has 0 spiro atoms. The van der Waals surface area contributed by atoms with Crippen LogP contribution in [0.25, 0.3) is 0 Å². The summed E-state index contributed by atoms with van der Waals surface area (Å²) in [6, 6.07) is 21.0. The van der Waals surface area contributed by atoms with Gasteiger partial charge in [-0.05, 0) is 56.4 Å². The van der Waals surface area contributed by atoms with Crippen molar-refractivity contribution in [3.05, 3.63) is 89.2 Å². The van der Waals surface area contributed by atoms with E-state index in [4.69, 9.17) is 31.5 Å². The van der Waals surface area contributed by atoms with Crippen molar-refractivity contribution in [2.45, 2.75) is 44.1 Å². The number of urea groups is 1. The van der Waals surface area contributed by atoms with Crippen LogP contribution in [0.5, 0.6) is 17.2 Å². The van der Waals surface area contributed by atoms with Crippen LogP contribution in [-0.2, 0) is 0 Å². The fraction of sp³-hybridized carbons (Fsp3) is 0.367. The number of primary amides is 1. The van der Waals surface area contributed by atoms with Gasteiger partial charge in [-0.3, -0.25) is 0 Å². The average molecular weight is 543 g/mol. The van der Waals surface area contributed by atoms with Crippen LogP contribution >= 0.6 is 11.6 Å². The third kappa shape index (κ3) is 8.55. The summed E-state index contributed by atoms with van der Waals surface area (Å²) in [7, 11) is 3.37. The van der Waals surface area contributed by atoms with Crippen LogP contribution < -0.4 is 19.9 Å². The summed E-state index contributed by atoms with van der Waals surface area (Å²) in [5, 5.41) is 0.794.